The topological polar surface area (TPSA) is 74.1 Å². The molecule has 9 heteroatoms. The number of H-pyrrole nitrogens is 1. The van der Waals surface area contributed by atoms with Crippen LogP contribution in [0, 0.1) is 0 Å². The molecule has 150 valence electrons. The minimum absolute atomic E-state index is 0. The first kappa shape index (κ1) is 22.4. The van der Waals surface area contributed by atoms with Crippen LogP contribution in [0.3, 0.4) is 0 Å². The lowest BCUT2D eigenvalue weighted by Gasteiger charge is -2.22. The van der Waals surface area contributed by atoms with Crippen molar-refractivity contribution in [3.05, 3.63) is 58.6 Å². The van der Waals surface area contributed by atoms with Gasteiger partial charge in [0.25, 0.3) is 0 Å². The minimum atomic E-state index is 0. The average molecular weight is 558 g/mol. The molecule has 2 heterocycles. The van der Waals surface area contributed by atoms with Gasteiger partial charge >= 0.3 is 0 Å². The van der Waals surface area contributed by atoms with Crippen molar-refractivity contribution in [3.63, 3.8) is 0 Å². The monoisotopic (exact) mass is 557 g/mol. The van der Waals surface area contributed by atoms with Gasteiger partial charge in [-0.2, -0.15) is 5.10 Å². The van der Waals surface area contributed by atoms with Crippen molar-refractivity contribution >= 4 is 45.9 Å². The van der Waals surface area contributed by atoms with Gasteiger partial charge in [-0.1, -0.05) is 18.2 Å². The van der Waals surface area contributed by atoms with Crippen LogP contribution in [-0.2, 0) is 20.1 Å². The van der Waals surface area contributed by atoms with E-state index < -0.39 is 0 Å². The first-order valence-electron chi connectivity index (χ1n) is 8.81. The lowest BCUT2D eigenvalue weighted by atomic mass is 10.1. The van der Waals surface area contributed by atoms with Gasteiger partial charge in [0.05, 0.1) is 13.1 Å². The van der Waals surface area contributed by atoms with Crippen molar-refractivity contribution < 1.29 is 0 Å². The van der Waals surface area contributed by atoms with Gasteiger partial charge < -0.3 is 14.8 Å². The number of aliphatic imine (C=N–C) groups is 1. The second-order valence-electron chi connectivity index (χ2n) is 6.32. The maximum absolute atomic E-state index is 4.80. The highest BCUT2D eigenvalue weighted by Gasteiger charge is 2.10. The van der Waals surface area contributed by atoms with Crippen molar-refractivity contribution in [1.29, 1.82) is 0 Å². The summed E-state index contributed by atoms with van der Waals surface area (Å²) >= 11 is 3.53. The highest BCUT2D eigenvalue weighted by atomic mass is 127. The summed E-state index contributed by atoms with van der Waals surface area (Å²) in [5.41, 5.74) is 3.34. The van der Waals surface area contributed by atoms with Crippen LogP contribution in [0.15, 0.2) is 52.3 Å². The zero-order valence-electron chi connectivity index (χ0n) is 16.2. The molecular weight excluding hydrogens is 533 g/mol. The van der Waals surface area contributed by atoms with E-state index >= 15 is 0 Å². The number of aromatic amines is 1. The second kappa shape index (κ2) is 10.6. The summed E-state index contributed by atoms with van der Waals surface area (Å²) in [7, 11) is 4.10. The first-order valence-corrected chi connectivity index (χ1v) is 9.61. The fourth-order valence-electron chi connectivity index (χ4n) is 2.84. The minimum Gasteiger partial charge on any atom is -0.357 e. The maximum Gasteiger partial charge on any atom is 0.194 e. The predicted molar refractivity (Wildman–Crippen MR) is 127 cm³/mol. The largest absolute Gasteiger partial charge is 0.357 e. The molecule has 0 amide bonds. The van der Waals surface area contributed by atoms with Gasteiger partial charge in [0.15, 0.2) is 11.8 Å². The zero-order valence-corrected chi connectivity index (χ0v) is 20.1. The molecule has 0 bridgehead atoms. The molecule has 0 fully saturated rings. The summed E-state index contributed by atoms with van der Waals surface area (Å²) in [6.45, 7) is 4.25. The van der Waals surface area contributed by atoms with Crippen molar-refractivity contribution in [2.75, 3.05) is 13.6 Å². The molecule has 1 aromatic carbocycles. The van der Waals surface area contributed by atoms with Crippen LogP contribution >= 0.6 is 39.9 Å². The van der Waals surface area contributed by atoms with Gasteiger partial charge in [-0.25, -0.2) is 9.98 Å². The van der Waals surface area contributed by atoms with Crippen LogP contribution in [0.1, 0.15) is 18.2 Å². The molecule has 0 spiro atoms. The third-order valence-corrected chi connectivity index (χ3v) is 4.63. The molecule has 0 aliphatic rings. The molecular formula is C19H25BrIN7. The summed E-state index contributed by atoms with van der Waals surface area (Å²) < 4.78 is 3.20. The van der Waals surface area contributed by atoms with E-state index in [1.54, 1.807) is 0 Å². The van der Waals surface area contributed by atoms with E-state index in [9.17, 15) is 0 Å². The summed E-state index contributed by atoms with van der Waals surface area (Å²) in [5, 5.41) is 10.2. The molecule has 2 N–H and O–H groups in total. The molecule has 2 aromatic heterocycles. The van der Waals surface area contributed by atoms with Gasteiger partial charge in [0, 0.05) is 42.6 Å². The smallest absolute Gasteiger partial charge is 0.194 e. The molecule has 0 saturated carbocycles. The van der Waals surface area contributed by atoms with E-state index in [0.29, 0.717) is 6.54 Å². The van der Waals surface area contributed by atoms with Crippen molar-refractivity contribution in [2.24, 2.45) is 12.0 Å². The Bertz CT molecular complexity index is 905. The Morgan fingerprint density at radius 1 is 1.36 bits per heavy atom. The van der Waals surface area contributed by atoms with Gasteiger partial charge in [-0.3, -0.25) is 5.10 Å². The number of nitrogens with one attached hydrogen (secondary N) is 2. The van der Waals surface area contributed by atoms with E-state index in [2.05, 4.69) is 77.2 Å². The molecule has 0 atom stereocenters. The molecule has 0 saturated heterocycles. The Morgan fingerprint density at radius 2 is 2.18 bits per heavy atom. The highest BCUT2D eigenvalue weighted by Crippen LogP contribution is 2.17. The van der Waals surface area contributed by atoms with Gasteiger partial charge in [-0.05, 0) is 40.5 Å². The molecule has 0 aliphatic heterocycles. The van der Waals surface area contributed by atoms with E-state index in [1.807, 2.05) is 26.2 Å². The Hall–Kier alpha value is -1.88. The summed E-state index contributed by atoms with van der Waals surface area (Å²) in [5.74, 6) is 1.64. The van der Waals surface area contributed by atoms with E-state index in [0.717, 1.165) is 40.5 Å². The second-order valence-corrected chi connectivity index (χ2v) is 7.24. The first-order chi connectivity index (χ1) is 13.1. The summed E-state index contributed by atoms with van der Waals surface area (Å²) in [6.07, 6.45) is 3.57. The fourth-order valence-corrected chi connectivity index (χ4v) is 3.41. The van der Waals surface area contributed by atoms with E-state index in [-0.39, 0.29) is 24.0 Å². The molecule has 3 rings (SSSR count). The van der Waals surface area contributed by atoms with E-state index in [4.69, 9.17) is 4.99 Å². The number of aromatic nitrogens is 4. The SMILES string of the molecule is CCNC(=NCc1cccc(-c2ncn[nH]2)c1)N(C)Cc1cc(Br)cn1C.I. The van der Waals surface area contributed by atoms with Crippen molar-refractivity contribution in [3.8, 4) is 11.4 Å². The number of halogens is 2. The van der Waals surface area contributed by atoms with Crippen LogP contribution in [0.5, 0.6) is 0 Å². The van der Waals surface area contributed by atoms with Crippen LogP contribution in [0.2, 0.25) is 0 Å². The Labute approximate surface area is 190 Å². The fraction of sp³-hybridized carbons (Fsp3) is 0.316. The third kappa shape index (κ3) is 5.81. The highest BCUT2D eigenvalue weighted by molar-refractivity contribution is 14.0. The van der Waals surface area contributed by atoms with E-state index in [1.165, 1.54) is 12.0 Å². The summed E-state index contributed by atoms with van der Waals surface area (Å²) in [6, 6.07) is 10.3. The maximum atomic E-state index is 4.80. The lowest BCUT2D eigenvalue weighted by Crippen LogP contribution is -2.38. The van der Waals surface area contributed by atoms with Gasteiger partial charge in [-0.15, -0.1) is 24.0 Å². The molecule has 3 aromatic rings. The number of hydrogen-bond donors (Lipinski definition) is 2. The number of guanidine groups is 1. The standard InChI is InChI=1S/C19H24BrN7.HI/c1-4-21-19(27(3)12-17-9-16(20)11-26(17)2)22-10-14-6-5-7-15(8-14)18-23-13-24-25-18;/h5-9,11,13H,4,10,12H2,1-3H3,(H,21,22)(H,23,24,25);1H. The van der Waals surface area contributed by atoms with Crippen molar-refractivity contribution in [2.45, 2.75) is 20.0 Å². The van der Waals surface area contributed by atoms with Crippen LogP contribution in [-0.4, -0.2) is 44.2 Å². The summed E-state index contributed by atoms with van der Waals surface area (Å²) in [4.78, 5) is 11.1. The molecule has 0 aliphatic carbocycles. The average Bonchev–Trinajstić information content (AvgIpc) is 3.29. The van der Waals surface area contributed by atoms with Crippen molar-refractivity contribution in [1.82, 2.24) is 30.0 Å². The number of hydrogen-bond acceptors (Lipinski definition) is 3. The Balaban J connectivity index is 0.00000280. The van der Waals surface area contributed by atoms with Gasteiger partial charge in [0.2, 0.25) is 0 Å². The van der Waals surface area contributed by atoms with Gasteiger partial charge in [0.1, 0.15) is 6.33 Å². The molecule has 7 nitrogen and oxygen atoms in total. The lowest BCUT2D eigenvalue weighted by molar-refractivity contribution is 0.462. The van der Waals surface area contributed by atoms with Crippen LogP contribution < -0.4 is 5.32 Å². The number of benzene rings is 1. The quantitative estimate of drug-likeness (QED) is 0.275. The predicted octanol–water partition coefficient (Wildman–Crippen LogP) is 3.79. The van der Waals surface area contributed by atoms with Crippen LogP contribution in [0.4, 0.5) is 0 Å². The van der Waals surface area contributed by atoms with Crippen LogP contribution in [0.25, 0.3) is 11.4 Å². The third-order valence-electron chi connectivity index (χ3n) is 4.20. The molecule has 0 unspecified atom stereocenters. The zero-order chi connectivity index (χ0) is 19.2. The number of nitrogens with zero attached hydrogens (tertiary/aromatic N) is 5. The molecule has 28 heavy (non-hydrogen) atoms. The number of aryl methyl sites for hydroxylation is 1. The number of rotatable bonds is 6. The molecule has 0 radical (unpaired) electrons. The normalized spacial score (nSPS) is 11.2. The Morgan fingerprint density at radius 3 is 2.82 bits per heavy atom. The Kier molecular flexibility index (Phi) is 8.49.